The Balaban J connectivity index is 1.75. The summed E-state index contributed by atoms with van der Waals surface area (Å²) in [4.78, 5) is 21.8. The standard InChI is InChI=1S/C18H20N6OS/c1-3-13-11-26-17(21-13)15(10-19)16-4-7-20-18(23-16)22-14-5-8-24(9-6-14)12(2)25/h4-5,7-8,11,14,21H,3,6,9H2,1-2H3,(H,20,22,23)/b17-15-. The van der Waals surface area contributed by atoms with Crippen LogP contribution in [0.1, 0.15) is 32.4 Å². The molecule has 3 rings (SSSR count). The molecule has 1 amide bonds. The van der Waals surface area contributed by atoms with Crippen LogP contribution >= 0.6 is 11.8 Å². The molecule has 1 atom stereocenters. The Morgan fingerprint density at radius 1 is 1.58 bits per heavy atom. The molecule has 1 aromatic rings. The average molecular weight is 368 g/mol. The smallest absolute Gasteiger partial charge is 0.223 e. The summed E-state index contributed by atoms with van der Waals surface area (Å²) >= 11 is 1.50. The summed E-state index contributed by atoms with van der Waals surface area (Å²) < 4.78 is 0. The Kier molecular flexibility index (Phi) is 5.58. The van der Waals surface area contributed by atoms with Crippen LogP contribution in [0.4, 0.5) is 5.95 Å². The van der Waals surface area contributed by atoms with Gasteiger partial charge in [0.25, 0.3) is 0 Å². The number of nitrogens with zero attached hydrogens (tertiary/aromatic N) is 4. The number of hydrogen-bond acceptors (Lipinski definition) is 7. The molecule has 2 aliphatic rings. The lowest BCUT2D eigenvalue weighted by Crippen LogP contribution is -2.33. The van der Waals surface area contributed by atoms with Crippen molar-refractivity contribution in [2.24, 2.45) is 0 Å². The zero-order valence-electron chi connectivity index (χ0n) is 14.7. The molecule has 134 valence electrons. The first kappa shape index (κ1) is 18.0. The minimum atomic E-state index is 0.0323. The Labute approximate surface area is 156 Å². The van der Waals surface area contributed by atoms with Crippen molar-refractivity contribution in [3.8, 4) is 6.07 Å². The number of nitriles is 1. The summed E-state index contributed by atoms with van der Waals surface area (Å²) in [6, 6.07) is 4.02. The number of aromatic nitrogens is 2. The number of hydrogen-bond donors (Lipinski definition) is 2. The van der Waals surface area contributed by atoms with Crippen LogP contribution in [0.3, 0.4) is 0 Å². The van der Waals surface area contributed by atoms with Gasteiger partial charge < -0.3 is 15.5 Å². The Hall–Kier alpha value is -2.79. The van der Waals surface area contributed by atoms with E-state index in [4.69, 9.17) is 0 Å². The number of anilines is 1. The number of thioether (sulfide) groups is 1. The van der Waals surface area contributed by atoms with Gasteiger partial charge in [0.05, 0.1) is 16.8 Å². The molecule has 0 radical (unpaired) electrons. The third-order valence-corrected chi connectivity index (χ3v) is 5.07. The van der Waals surface area contributed by atoms with Gasteiger partial charge in [0.2, 0.25) is 11.9 Å². The molecule has 3 heterocycles. The van der Waals surface area contributed by atoms with Gasteiger partial charge in [-0.2, -0.15) is 5.26 Å². The predicted molar refractivity (Wildman–Crippen MR) is 102 cm³/mol. The van der Waals surface area contributed by atoms with E-state index in [-0.39, 0.29) is 11.9 Å². The highest BCUT2D eigenvalue weighted by molar-refractivity contribution is 8.06. The molecule has 0 saturated carbocycles. The summed E-state index contributed by atoms with van der Waals surface area (Å²) in [5, 5.41) is 18.9. The second kappa shape index (κ2) is 8.06. The predicted octanol–water partition coefficient (Wildman–Crippen LogP) is 2.80. The topological polar surface area (TPSA) is 93.9 Å². The quantitative estimate of drug-likeness (QED) is 0.789. The van der Waals surface area contributed by atoms with Crippen LogP contribution in [0.2, 0.25) is 0 Å². The monoisotopic (exact) mass is 368 g/mol. The zero-order valence-corrected chi connectivity index (χ0v) is 15.5. The molecule has 0 aromatic carbocycles. The van der Waals surface area contributed by atoms with Crippen LogP contribution in [-0.4, -0.2) is 33.4 Å². The van der Waals surface area contributed by atoms with Crippen molar-refractivity contribution >= 4 is 29.2 Å². The molecule has 0 aliphatic carbocycles. The lowest BCUT2D eigenvalue weighted by atomic mass is 10.1. The minimum absolute atomic E-state index is 0.0323. The van der Waals surface area contributed by atoms with Gasteiger partial charge in [0, 0.05) is 31.6 Å². The van der Waals surface area contributed by atoms with E-state index in [2.05, 4.69) is 33.6 Å². The van der Waals surface area contributed by atoms with Gasteiger partial charge in [-0.15, -0.1) is 0 Å². The zero-order chi connectivity index (χ0) is 18.5. The van der Waals surface area contributed by atoms with Gasteiger partial charge in [0.15, 0.2) is 0 Å². The van der Waals surface area contributed by atoms with E-state index >= 15 is 0 Å². The van der Waals surface area contributed by atoms with Crippen molar-refractivity contribution < 1.29 is 4.79 Å². The second-order valence-electron chi connectivity index (χ2n) is 5.91. The molecule has 1 aromatic heterocycles. The molecule has 0 fully saturated rings. The maximum absolute atomic E-state index is 11.4. The molecule has 2 aliphatic heterocycles. The van der Waals surface area contributed by atoms with Crippen LogP contribution in [0.15, 0.2) is 40.7 Å². The summed E-state index contributed by atoms with van der Waals surface area (Å²) in [6.07, 6.45) is 7.02. The second-order valence-corrected chi connectivity index (χ2v) is 6.79. The highest BCUT2D eigenvalue weighted by Crippen LogP contribution is 2.31. The fraction of sp³-hybridized carbons (Fsp3) is 0.333. The van der Waals surface area contributed by atoms with Gasteiger partial charge in [-0.1, -0.05) is 18.7 Å². The summed E-state index contributed by atoms with van der Waals surface area (Å²) in [6.45, 7) is 4.27. The van der Waals surface area contributed by atoms with E-state index in [0.29, 0.717) is 23.8 Å². The summed E-state index contributed by atoms with van der Waals surface area (Å²) in [5.41, 5.74) is 2.17. The normalized spacial score (nSPS) is 20.9. The van der Waals surface area contributed by atoms with Crippen LogP contribution in [0.25, 0.3) is 5.57 Å². The van der Waals surface area contributed by atoms with Crippen molar-refractivity contribution in [2.45, 2.75) is 32.7 Å². The molecular formula is C18H20N6OS. The van der Waals surface area contributed by atoms with Crippen LogP contribution < -0.4 is 10.6 Å². The largest absolute Gasteiger partial charge is 0.352 e. The molecule has 8 heteroatoms. The van der Waals surface area contributed by atoms with Crippen molar-refractivity contribution in [1.29, 1.82) is 5.26 Å². The summed E-state index contributed by atoms with van der Waals surface area (Å²) in [7, 11) is 0. The van der Waals surface area contributed by atoms with Gasteiger partial charge >= 0.3 is 0 Å². The lowest BCUT2D eigenvalue weighted by Gasteiger charge is -2.25. The fourth-order valence-electron chi connectivity index (χ4n) is 2.63. The molecule has 0 bridgehead atoms. The number of amides is 1. The van der Waals surface area contributed by atoms with Gasteiger partial charge in [-0.05, 0) is 30.4 Å². The Morgan fingerprint density at radius 3 is 3.04 bits per heavy atom. The first-order chi connectivity index (χ1) is 12.6. The first-order valence-electron chi connectivity index (χ1n) is 8.43. The molecule has 26 heavy (non-hydrogen) atoms. The SMILES string of the molecule is CCC1=CS/C(=C(/C#N)c2ccnc(NC3C=CN(C(C)=O)CC3)n2)N1. The van der Waals surface area contributed by atoms with E-state index in [1.807, 2.05) is 11.5 Å². The Bertz CT molecular complexity index is 838. The minimum Gasteiger partial charge on any atom is -0.352 e. The van der Waals surface area contributed by atoms with Crippen molar-refractivity contribution in [3.63, 3.8) is 0 Å². The molecular weight excluding hydrogens is 348 g/mol. The number of allylic oxidation sites excluding steroid dienone is 2. The Morgan fingerprint density at radius 2 is 2.42 bits per heavy atom. The van der Waals surface area contributed by atoms with Crippen LogP contribution in [-0.2, 0) is 4.79 Å². The van der Waals surface area contributed by atoms with Crippen molar-refractivity contribution in [3.05, 3.63) is 46.4 Å². The molecule has 0 spiro atoms. The summed E-state index contributed by atoms with van der Waals surface area (Å²) in [5.74, 6) is 0.498. The highest BCUT2D eigenvalue weighted by Gasteiger charge is 2.19. The first-order valence-corrected chi connectivity index (χ1v) is 9.31. The van der Waals surface area contributed by atoms with Gasteiger partial charge in [-0.25, -0.2) is 9.97 Å². The van der Waals surface area contributed by atoms with E-state index in [9.17, 15) is 10.1 Å². The molecule has 0 saturated heterocycles. The van der Waals surface area contributed by atoms with Crippen molar-refractivity contribution in [1.82, 2.24) is 20.2 Å². The van der Waals surface area contributed by atoms with E-state index < -0.39 is 0 Å². The maximum Gasteiger partial charge on any atom is 0.223 e. The van der Waals surface area contributed by atoms with E-state index in [1.165, 1.54) is 11.8 Å². The van der Waals surface area contributed by atoms with Gasteiger partial charge in [-0.3, -0.25) is 4.79 Å². The molecule has 1 unspecified atom stereocenters. The average Bonchev–Trinajstić information content (AvgIpc) is 3.12. The number of nitrogens with one attached hydrogen (secondary N) is 2. The van der Waals surface area contributed by atoms with Crippen molar-refractivity contribution in [2.75, 3.05) is 11.9 Å². The number of carbonyl (C=O) groups excluding carboxylic acids is 1. The maximum atomic E-state index is 11.4. The number of rotatable bonds is 4. The van der Waals surface area contributed by atoms with E-state index in [0.717, 1.165) is 23.6 Å². The number of carbonyl (C=O) groups is 1. The third-order valence-electron chi connectivity index (χ3n) is 4.12. The molecule has 7 nitrogen and oxygen atoms in total. The highest BCUT2D eigenvalue weighted by atomic mass is 32.2. The van der Waals surface area contributed by atoms with Gasteiger partial charge in [0.1, 0.15) is 11.6 Å². The molecule has 2 N–H and O–H groups in total. The fourth-order valence-corrected chi connectivity index (χ4v) is 3.57. The van der Waals surface area contributed by atoms with E-state index in [1.54, 1.807) is 30.3 Å². The van der Waals surface area contributed by atoms with Crippen LogP contribution in [0.5, 0.6) is 0 Å². The lowest BCUT2D eigenvalue weighted by molar-refractivity contribution is -0.126. The van der Waals surface area contributed by atoms with Crippen LogP contribution in [0, 0.1) is 11.3 Å². The third kappa shape index (κ3) is 4.06.